The SMILES string of the molecule is O=C(NC[C@@]1(N2CCOCC2)CCSC1)c1ccc2c(c1)CCO2. The Hall–Kier alpha value is -1.24. The Balaban J connectivity index is 1.43. The van der Waals surface area contributed by atoms with E-state index in [0.29, 0.717) is 6.54 Å². The molecule has 0 radical (unpaired) electrons. The van der Waals surface area contributed by atoms with E-state index in [1.807, 2.05) is 30.0 Å². The average Bonchev–Trinajstić information content (AvgIpc) is 3.30. The molecule has 2 saturated heterocycles. The van der Waals surface area contributed by atoms with E-state index in [2.05, 4.69) is 10.2 Å². The van der Waals surface area contributed by atoms with E-state index in [9.17, 15) is 4.79 Å². The van der Waals surface area contributed by atoms with Crippen LogP contribution in [0.15, 0.2) is 18.2 Å². The fourth-order valence-corrected chi connectivity index (χ4v) is 5.29. The van der Waals surface area contributed by atoms with E-state index in [1.54, 1.807) is 0 Å². The first kappa shape index (κ1) is 16.2. The number of hydrogen-bond acceptors (Lipinski definition) is 5. The number of carbonyl (C=O) groups excluding carboxylic acids is 1. The van der Waals surface area contributed by atoms with E-state index < -0.39 is 0 Å². The molecule has 5 nitrogen and oxygen atoms in total. The molecule has 24 heavy (non-hydrogen) atoms. The zero-order valence-electron chi connectivity index (χ0n) is 13.9. The Kier molecular flexibility index (Phi) is 4.70. The van der Waals surface area contributed by atoms with Gasteiger partial charge in [-0.05, 0) is 35.9 Å². The molecule has 6 heteroatoms. The number of nitrogens with one attached hydrogen (secondary N) is 1. The van der Waals surface area contributed by atoms with Gasteiger partial charge in [0, 0.05) is 42.9 Å². The van der Waals surface area contributed by atoms with Crippen molar-refractivity contribution in [3.63, 3.8) is 0 Å². The molecule has 0 spiro atoms. The van der Waals surface area contributed by atoms with Gasteiger partial charge < -0.3 is 14.8 Å². The molecule has 1 aromatic carbocycles. The number of thioether (sulfide) groups is 1. The molecule has 3 heterocycles. The Morgan fingerprint density at radius 1 is 1.29 bits per heavy atom. The third-order valence-electron chi connectivity index (χ3n) is 5.29. The van der Waals surface area contributed by atoms with Crippen molar-refractivity contribution < 1.29 is 14.3 Å². The van der Waals surface area contributed by atoms with Crippen molar-refractivity contribution in [1.82, 2.24) is 10.2 Å². The maximum atomic E-state index is 12.6. The number of ether oxygens (including phenoxy) is 2. The minimum atomic E-state index is 0.0224. The molecule has 0 bridgehead atoms. The summed E-state index contributed by atoms with van der Waals surface area (Å²) in [5.74, 6) is 3.20. The van der Waals surface area contributed by atoms with Crippen LogP contribution >= 0.6 is 11.8 Å². The summed E-state index contributed by atoms with van der Waals surface area (Å²) in [5.41, 5.74) is 1.97. The van der Waals surface area contributed by atoms with Gasteiger partial charge >= 0.3 is 0 Å². The lowest BCUT2D eigenvalue weighted by molar-refractivity contribution is -0.0129. The first-order valence-electron chi connectivity index (χ1n) is 8.71. The van der Waals surface area contributed by atoms with Gasteiger partial charge in [-0.2, -0.15) is 11.8 Å². The molecule has 0 aliphatic carbocycles. The van der Waals surface area contributed by atoms with Gasteiger partial charge in [0.2, 0.25) is 0 Å². The van der Waals surface area contributed by atoms with E-state index in [-0.39, 0.29) is 11.4 Å². The van der Waals surface area contributed by atoms with Crippen molar-refractivity contribution in [2.24, 2.45) is 0 Å². The molecule has 0 aromatic heterocycles. The number of rotatable bonds is 4. The van der Waals surface area contributed by atoms with Crippen molar-refractivity contribution >= 4 is 17.7 Å². The fourth-order valence-electron chi connectivity index (χ4n) is 3.81. The second kappa shape index (κ2) is 6.94. The van der Waals surface area contributed by atoms with Gasteiger partial charge in [0.15, 0.2) is 0 Å². The largest absolute Gasteiger partial charge is 0.493 e. The summed E-state index contributed by atoms with van der Waals surface area (Å²) in [5, 5.41) is 3.19. The van der Waals surface area contributed by atoms with Gasteiger partial charge in [-0.25, -0.2) is 0 Å². The van der Waals surface area contributed by atoms with Crippen LogP contribution in [0.1, 0.15) is 22.3 Å². The van der Waals surface area contributed by atoms with E-state index in [4.69, 9.17) is 9.47 Å². The van der Waals surface area contributed by atoms with Crippen LogP contribution in [0, 0.1) is 0 Å². The zero-order chi connectivity index (χ0) is 16.4. The summed E-state index contributed by atoms with van der Waals surface area (Å²) in [6.07, 6.45) is 2.03. The number of benzene rings is 1. The van der Waals surface area contributed by atoms with Gasteiger partial charge in [-0.3, -0.25) is 9.69 Å². The van der Waals surface area contributed by atoms with E-state index in [0.717, 1.165) is 68.4 Å². The predicted molar refractivity (Wildman–Crippen MR) is 95.0 cm³/mol. The van der Waals surface area contributed by atoms with E-state index in [1.165, 1.54) is 5.75 Å². The molecule has 1 aromatic rings. The maximum Gasteiger partial charge on any atom is 0.251 e. The predicted octanol–water partition coefficient (Wildman–Crippen LogP) is 1.56. The molecule has 130 valence electrons. The second-order valence-electron chi connectivity index (χ2n) is 6.73. The van der Waals surface area contributed by atoms with Crippen LogP contribution in [0.25, 0.3) is 0 Å². The lowest BCUT2D eigenvalue weighted by atomic mass is 9.95. The third kappa shape index (κ3) is 3.15. The topological polar surface area (TPSA) is 50.8 Å². The molecule has 0 unspecified atom stereocenters. The minimum absolute atomic E-state index is 0.0224. The van der Waals surface area contributed by atoms with Crippen molar-refractivity contribution in [3.05, 3.63) is 29.3 Å². The Morgan fingerprint density at radius 3 is 2.96 bits per heavy atom. The van der Waals surface area contributed by atoms with Crippen LogP contribution in [0.5, 0.6) is 5.75 Å². The summed E-state index contributed by atoms with van der Waals surface area (Å²) >= 11 is 1.99. The second-order valence-corrected chi connectivity index (χ2v) is 7.84. The Bertz CT molecular complexity index is 610. The standard InChI is InChI=1S/C18H24N2O3S/c21-17(15-1-2-16-14(11-15)3-7-23-16)19-12-18(4-10-24-13-18)20-5-8-22-9-6-20/h1-2,11H,3-10,12-13H2,(H,19,21)/t18-/m0/s1. The van der Waals surface area contributed by atoms with Gasteiger partial charge in [0.05, 0.1) is 19.8 Å². The van der Waals surface area contributed by atoms with E-state index >= 15 is 0 Å². The highest BCUT2D eigenvalue weighted by molar-refractivity contribution is 7.99. The minimum Gasteiger partial charge on any atom is -0.493 e. The molecule has 1 N–H and O–H groups in total. The first-order chi connectivity index (χ1) is 11.8. The monoisotopic (exact) mass is 348 g/mol. The Labute approximate surface area is 147 Å². The lowest BCUT2D eigenvalue weighted by Gasteiger charge is -2.43. The molecule has 2 fully saturated rings. The van der Waals surface area contributed by atoms with Crippen LogP contribution in [0.3, 0.4) is 0 Å². The van der Waals surface area contributed by atoms with Gasteiger partial charge in [0.1, 0.15) is 5.75 Å². The van der Waals surface area contributed by atoms with Crippen molar-refractivity contribution in [1.29, 1.82) is 0 Å². The first-order valence-corrected chi connectivity index (χ1v) is 9.87. The van der Waals surface area contributed by atoms with Crippen LogP contribution in [-0.4, -0.2) is 67.3 Å². The van der Waals surface area contributed by atoms with Gasteiger partial charge in [-0.15, -0.1) is 0 Å². The number of amides is 1. The zero-order valence-corrected chi connectivity index (χ0v) is 14.7. The molecule has 1 amide bonds. The quantitative estimate of drug-likeness (QED) is 0.895. The maximum absolute atomic E-state index is 12.6. The smallest absolute Gasteiger partial charge is 0.251 e. The molecular formula is C18H24N2O3S. The number of carbonyl (C=O) groups is 1. The number of morpholine rings is 1. The average molecular weight is 348 g/mol. The summed E-state index contributed by atoms with van der Waals surface area (Å²) < 4.78 is 11.0. The Morgan fingerprint density at radius 2 is 2.17 bits per heavy atom. The number of nitrogens with zero attached hydrogens (tertiary/aromatic N) is 1. The lowest BCUT2D eigenvalue weighted by Crippen LogP contribution is -2.59. The normalized spacial score (nSPS) is 26.8. The van der Waals surface area contributed by atoms with Crippen LogP contribution in [-0.2, 0) is 11.2 Å². The van der Waals surface area contributed by atoms with Crippen LogP contribution in [0.2, 0.25) is 0 Å². The summed E-state index contributed by atoms with van der Waals surface area (Å²) in [4.78, 5) is 15.1. The summed E-state index contributed by atoms with van der Waals surface area (Å²) in [7, 11) is 0. The number of fused-ring (bicyclic) bond motifs is 1. The highest BCUT2D eigenvalue weighted by atomic mass is 32.2. The van der Waals surface area contributed by atoms with Gasteiger partial charge in [-0.1, -0.05) is 0 Å². The third-order valence-corrected chi connectivity index (χ3v) is 6.53. The molecule has 3 aliphatic rings. The van der Waals surface area contributed by atoms with Crippen molar-refractivity contribution in [3.8, 4) is 5.75 Å². The molecule has 1 atom stereocenters. The van der Waals surface area contributed by atoms with Crippen LogP contribution < -0.4 is 10.1 Å². The molecule has 3 aliphatic heterocycles. The molecule has 4 rings (SSSR count). The summed E-state index contributed by atoms with van der Waals surface area (Å²) in [6, 6.07) is 5.76. The highest BCUT2D eigenvalue weighted by Gasteiger charge is 2.40. The van der Waals surface area contributed by atoms with Crippen molar-refractivity contribution in [2.45, 2.75) is 18.4 Å². The van der Waals surface area contributed by atoms with Gasteiger partial charge in [0.25, 0.3) is 5.91 Å². The highest BCUT2D eigenvalue weighted by Crippen LogP contribution is 2.33. The molecular weight excluding hydrogens is 324 g/mol. The van der Waals surface area contributed by atoms with Crippen LogP contribution in [0.4, 0.5) is 0 Å². The molecule has 0 saturated carbocycles. The number of hydrogen-bond donors (Lipinski definition) is 1. The van der Waals surface area contributed by atoms with Crippen molar-refractivity contribution in [2.75, 3.05) is 51.0 Å². The summed E-state index contributed by atoms with van der Waals surface area (Å²) in [6.45, 7) is 4.96. The fraction of sp³-hybridized carbons (Fsp3) is 0.611.